The van der Waals surface area contributed by atoms with E-state index >= 15 is 0 Å². The zero-order chi connectivity index (χ0) is 14.3. The summed E-state index contributed by atoms with van der Waals surface area (Å²) in [6.07, 6.45) is 0. The first-order chi connectivity index (χ1) is 8.78. The second kappa shape index (κ2) is 4.82. The topological polar surface area (TPSA) is 39.7 Å². The molecule has 19 heavy (non-hydrogen) atoms. The van der Waals surface area contributed by atoms with Crippen LogP contribution in [0.3, 0.4) is 0 Å². The first kappa shape index (κ1) is 14.4. The van der Waals surface area contributed by atoms with Crippen molar-refractivity contribution in [2.24, 2.45) is 0 Å². The SMILES string of the molecule is CONc1cccc(C)c1B1OC(C)(C)C(C)(C)O1. The number of hydrogen-bond donors (Lipinski definition) is 1. The Morgan fingerprint density at radius 1 is 1.11 bits per heavy atom. The average Bonchev–Trinajstić information content (AvgIpc) is 2.48. The predicted molar refractivity (Wildman–Crippen MR) is 77.5 cm³/mol. The van der Waals surface area contributed by atoms with Gasteiger partial charge < -0.3 is 9.31 Å². The van der Waals surface area contributed by atoms with Gasteiger partial charge in [-0.25, -0.2) is 0 Å². The second-order valence-corrected chi connectivity index (χ2v) is 5.93. The number of aryl methyl sites for hydroxylation is 1. The van der Waals surface area contributed by atoms with Gasteiger partial charge in [0.25, 0.3) is 0 Å². The fraction of sp³-hybridized carbons (Fsp3) is 0.571. The van der Waals surface area contributed by atoms with Crippen molar-refractivity contribution >= 4 is 18.3 Å². The predicted octanol–water partition coefficient (Wildman–Crippen LogP) is 2.27. The molecule has 0 aliphatic carbocycles. The Hall–Kier alpha value is -1.04. The van der Waals surface area contributed by atoms with Crippen LogP contribution < -0.4 is 10.9 Å². The minimum Gasteiger partial charge on any atom is -0.399 e. The molecule has 1 aliphatic heterocycles. The number of anilines is 1. The molecule has 1 aliphatic rings. The van der Waals surface area contributed by atoms with Crippen LogP contribution in [0.15, 0.2) is 18.2 Å². The molecule has 5 heteroatoms. The highest BCUT2D eigenvalue weighted by atomic mass is 16.7. The van der Waals surface area contributed by atoms with Crippen LogP contribution in [0.4, 0.5) is 5.69 Å². The van der Waals surface area contributed by atoms with E-state index in [1.165, 1.54) is 0 Å². The van der Waals surface area contributed by atoms with E-state index in [1.807, 2.05) is 25.1 Å². The summed E-state index contributed by atoms with van der Waals surface area (Å²) < 4.78 is 12.2. The van der Waals surface area contributed by atoms with Crippen molar-refractivity contribution < 1.29 is 14.1 Å². The standard InChI is InChI=1S/C14H22BNO3/c1-10-8-7-9-11(16-17-6)12(10)15-18-13(2,3)14(4,5)19-15/h7-9,16H,1-6H3. The molecule has 4 nitrogen and oxygen atoms in total. The molecule has 1 heterocycles. The molecule has 1 aromatic carbocycles. The zero-order valence-corrected chi connectivity index (χ0v) is 12.5. The summed E-state index contributed by atoms with van der Waals surface area (Å²) in [7, 11) is 1.21. The van der Waals surface area contributed by atoms with Crippen molar-refractivity contribution in [2.75, 3.05) is 12.6 Å². The Morgan fingerprint density at radius 2 is 1.68 bits per heavy atom. The molecule has 1 N–H and O–H groups in total. The molecule has 0 amide bonds. The van der Waals surface area contributed by atoms with Crippen molar-refractivity contribution in [1.29, 1.82) is 0 Å². The summed E-state index contributed by atoms with van der Waals surface area (Å²) in [6.45, 7) is 10.2. The normalized spacial score (nSPS) is 20.6. The fourth-order valence-electron chi connectivity index (χ4n) is 2.15. The summed E-state index contributed by atoms with van der Waals surface area (Å²) in [4.78, 5) is 5.03. The third-order valence-electron chi connectivity index (χ3n) is 4.03. The van der Waals surface area contributed by atoms with E-state index < -0.39 is 0 Å². The van der Waals surface area contributed by atoms with E-state index in [4.69, 9.17) is 14.1 Å². The molecular formula is C14H22BNO3. The Morgan fingerprint density at radius 3 is 2.21 bits per heavy atom. The molecule has 0 unspecified atom stereocenters. The molecule has 0 spiro atoms. The van der Waals surface area contributed by atoms with Crippen LogP contribution in [0.2, 0.25) is 0 Å². The summed E-state index contributed by atoms with van der Waals surface area (Å²) in [6, 6.07) is 5.98. The van der Waals surface area contributed by atoms with Crippen LogP contribution in [0.25, 0.3) is 0 Å². The maximum Gasteiger partial charge on any atom is 0.497 e. The maximum atomic E-state index is 6.10. The largest absolute Gasteiger partial charge is 0.497 e. The van der Waals surface area contributed by atoms with E-state index in [-0.39, 0.29) is 18.3 Å². The van der Waals surface area contributed by atoms with E-state index in [9.17, 15) is 0 Å². The van der Waals surface area contributed by atoms with E-state index in [1.54, 1.807) is 7.11 Å². The third kappa shape index (κ3) is 2.50. The smallest absolute Gasteiger partial charge is 0.399 e. The van der Waals surface area contributed by atoms with Gasteiger partial charge in [0.1, 0.15) is 0 Å². The minimum absolute atomic E-state index is 0.343. The lowest BCUT2D eigenvalue weighted by atomic mass is 9.75. The Balaban J connectivity index is 2.39. The van der Waals surface area contributed by atoms with Crippen molar-refractivity contribution in [3.63, 3.8) is 0 Å². The van der Waals surface area contributed by atoms with Crippen molar-refractivity contribution in [3.8, 4) is 0 Å². The summed E-state index contributed by atoms with van der Waals surface area (Å²) >= 11 is 0. The van der Waals surface area contributed by atoms with Gasteiger partial charge in [-0.2, -0.15) is 0 Å². The van der Waals surface area contributed by atoms with Gasteiger partial charge in [-0.3, -0.25) is 10.3 Å². The van der Waals surface area contributed by atoms with Crippen LogP contribution in [-0.2, 0) is 14.1 Å². The van der Waals surface area contributed by atoms with Crippen LogP contribution in [-0.4, -0.2) is 25.4 Å². The summed E-state index contributed by atoms with van der Waals surface area (Å²) in [5, 5.41) is 0. The van der Waals surface area contributed by atoms with Gasteiger partial charge in [-0.15, -0.1) is 0 Å². The van der Waals surface area contributed by atoms with Crippen molar-refractivity contribution in [3.05, 3.63) is 23.8 Å². The summed E-state index contributed by atoms with van der Waals surface area (Å²) in [5.74, 6) is 0. The van der Waals surface area contributed by atoms with Gasteiger partial charge in [0.05, 0.1) is 24.0 Å². The molecule has 0 atom stereocenters. The van der Waals surface area contributed by atoms with Crippen LogP contribution >= 0.6 is 0 Å². The molecule has 1 fully saturated rings. The zero-order valence-electron chi connectivity index (χ0n) is 12.5. The van der Waals surface area contributed by atoms with Crippen molar-refractivity contribution in [2.45, 2.75) is 45.8 Å². The molecule has 0 saturated carbocycles. The minimum atomic E-state index is -0.385. The monoisotopic (exact) mass is 263 g/mol. The Kier molecular flexibility index (Phi) is 3.64. The van der Waals surface area contributed by atoms with Crippen molar-refractivity contribution in [1.82, 2.24) is 0 Å². The lowest BCUT2D eigenvalue weighted by Gasteiger charge is -2.32. The summed E-state index contributed by atoms with van der Waals surface area (Å²) in [5.41, 5.74) is 5.18. The molecule has 1 aromatic rings. The van der Waals surface area contributed by atoms with Gasteiger partial charge in [0.2, 0.25) is 0 Å². The molecular weight excluding hydrogens is 241 g/mol. The number of benzene rings is 1. The average molecular weight is 263 g/mol. The van der Waals surface area contributed by atoms with Crippen LogP contribution in [0, 0.1) is 6.92 Å². The quantitative estimate of drug-likeness (QED) is 0.670. The maximum absolute atomic E-state index is 6.10. The fourth-order valence-corrected chi connectivity index (χ4v) is 2.15. The molecule has 1 saturated heterocycles. The second-order valence-electron chi connectivity index (χ2n) is 5.93. The van der Waals surface area contributed by atoms with E-state index in [0.717, 1.165) is 16.7 Å². The highest BCUT2D eigenvalue weighted by Gasteiger charge is 2.52. The Labute approximate surface area is 115 Å². The number of nitrogens with one attached hydrogen (secondary N) is 1. The number of hydrogen-bond acceptors (Lipinski definition) is 4. The highest BCUT2D eigenvalue weighted by molar-refractivity contribution is 6.64. The Bertz CT molecular complexity index is 458. The van der Waals surface area contributed by atoms with E-state index in [2.05, 4.69) is 33.2 Å². The molecule has 0 aromatic heterocycles. The van der Waals surface area contributed by atoms with Gasteiger partial charge in [0, 0.05) is 5.46 Å². The molecule has 2 rings (SSSR count). The van der Waals surface area contributed by atoms with Crippen LogP contribution in [0.1, 0.15) is 33.3 Å². The molecule has 104 valence electrons. The molecule has 0 bridgehead atoms. The van der Waals surface area contributed by atoms with Gasteiger partial charge >= 0.3 is 7.12 Å². The van der Waals surface area contributed by atoms with Gasteiger partial charge in [0.15, 0.2) is 0 Å². The lowest BCUT2D eigenvalue weighted by Crippen LogP contribution is -2.41. The molecule has 0 radical (unpaired) electrons. The van der Waals surface area contributed by atoms with E-state index in [0.29, 0.717) is 0 Å². The van der Waals surface area contributed by atoms with Gasteiger partial charge in [-0.1, -0.05) is 12.1 Å². The highest BCUT2D eigenvalue weighted by Crippen LogP contribution is 2.37. The third-order valence-corrected chi connectivity index (χ3v) is 4.03. The first-order valence-corrected chi connectivity index (χ1v) is 6.52. The lowest BCUT2D eigenvalue weighted by molar-refractivity contribution is 0.00578. The van der Waals surface area contributed by atoms with Crippen LogP contribution in [0.5, 0.6) is 0 Å². The first-order valence-electron chi connectivity index (χ1n) is 6.52. The van der Waals surface area contributed by atoms with Gasteiger partial charge in [-0.05, 0) is 46.2 Å². The number of rotatable bonds is 3.